The summed E-state index contributed by atoms with van der Waals surface area (Å²) in [6, 6.07) is 6.19. The van der Waals surface area contributed by atoms with Gasteiger partial charge in [-0.25, -0.2) is 4.98 Å². The summed E-state index contributed by atoms with van der Waals surface area (Å²) >= 11 is 2.03. The van der Waals surface area contributed by atoms with Gasteiger partial charge in [-0.2, -0.15) is 0 Å². The Morgan fingerprint density at radius 3 is 2.44 bits per heavy atom. The lowest BCUT2D eigenvalue weighted by molar-refractivity contribution is 0.689. The minimum absolute atomic E-state index is 0.0331. The molecule has 18 heavy (non-hydrogen) atoms. The molecule has 2 rings (SSSR count). The molecule has 1 heterocycles. The largest absolute Gasteiger partial charge is 0.291 e. The minimum Gasteiger partial charge on any atom is -0.291 e. The van der Waals surface area contributed by atoms with Crippen molar-refractivity contribution in [1.82, 2.24) is 9.55 Å². The van der Waals surface area contributed by atoms with E-state index < -0.39 is 0 Å². The molecule has 0 spiro atoms. The number of aromatic nitrogens is 2. The fraction of sp³-hybridized carbons (Fsp3) is 0.286. The molecule has 0 bridgehead atoms. The van der Waals surface area contributed by atoms with E-state index in [2.05, 4.69) is 31.0 Å². The summed E-state index contributed by atoms with van der Waals surface area (Å²) in [5.41, 5.74) is 3.65. The molecule has 4 heteroatoms. The summed E-state index contributed by atoms with van der Waals surface area (Å²) in [6.45, 7) is 6.60. The Kier molecular flexibility index (Phi) is 3.85. The first kappa shape index (κ1) is 13.3. The van der Waals surface area contributed by atoms with E-state index in [0.29, 0.717) is 10.1 Å². The van der Waals surface area contributed by atoms with Crippen molar-refractivity contribution in [1.29, 1.82) is 0 Å². The molecular formula is C14H15IN2O. The molecule has 94 valence electrons. The first-order valence-electron chi connectivity index (χ1n) is 5.77. The van der Waals surface area contributed by atoms with Crippen LogP contribution in [-0.4, -0.2) is 9.55 Å². The van der Waals surface area contributed by atoms with Gasteiger partial charge in [-0.1, -0.05) is 18.2 Å². The minimum atomic E-state index is 0.0331. The lowest BCUT2D eigenvalue weighted by atomic mass is 10.0. The van der Waals surface area contributed by atoms with Gasteiger partial charge in [0.25, 0.3) is 5.56 Å². The third kappa shape index (κ3) is 2.48. The SMILES string of the molecule is Cc1cccc(C)c1Cn1c(C)ncc(I)c1=O. The van der Waals surface area contributed by atoms with Crippen molar-refractivity contribution < 1.29 is 0 Å². The van der Waals surface area contributed by atoms with Crippen LogP contribution in [0, 0.1) is 24.3 Å². The van der Waals surface area contributed by atoms with E-state index in [-0.39, 0.29) is 5.56 Å². The molecule has 0 N–H and O–H groups in total. The smallest absolute Gasteiger partial charge is 0.267 e. The summed E-state index contributed by atoms with van der Waals surface area (Å²) < 4.78 is 2.39. The number of aryl methyl sites for hydroxylation is 3. The van der Waals surface area contributed by atoms with Gasteiger partial charge in [-0.05, 0) is 60.1 Å². The van der Waals surface area contributed by atoms with Gasteiger partial charge in [-0.15, -0.1) is 0 Å². The number of rotatable bonds is 2. The topological polar surface area (TPSA) is 34.9 Å². The number of nitrogens with zero attached hydrogens (tertiary/aromatic N) is 2. The van der Waals surface area contributed by atoms with Crippen LogP contribution in [0.25, 0.3) is 0 Å². The third-order valence-electron chi connectivity index (χ3n) is 3.17. The zero-order chi connectivity index (χ0) is 13.3. The van der Waals surface area contributed by atoms with Crippen LogP contribution in [0.1, 0.15) is 22.5 Å². The highest BCUT2D eigenvalue weighted by Gasteiger charge is 2.09. The maximum absolute atomic E-state index is 12.1. The van der Waals surface area contributed by atoms with Crippen molar-refractivity contribution in [3.8, 4) is 0 Å². The maximum Gasteiger partial charge on any atom is 0.267 e. The second-order valence-electron chi connectivity index (χ2n) is 4.42. The molecule has 1 aromatic carbocycles. The van der Waals surface area contributed by atoms with Gasteiger partial charge in [0.05, 0.1) is 10.1 Å². The molecule has 1 aromatic heterocycles. The van der Waals surface area contributed by atoms with E-state index in [1.807, 2.05) is 35.6 Å². The number of hydrogen-bond acceptors (Lipinski definition) is 2. The number of benzene rings is 1. The summed E-state index contributed by atoms with van der Waals surface area (Å²) in [6.07, 6.45) is 1.62. The molecule has 0 atom stereocenters. The zero-order valence-corrected chi connectivity index (χ0v) is 12.9. The average molecular weight is 354 g/mol. The van der Waals surface area contributed by atoms with Crippen molar-refractivity contribution in [3.05, 3.63) is 60.8 Å². The van der Waals surface area contributed by atoms with Crippen molar-refractivity contribution >= 4 is 22.6 Å². The highest BCUT2D eigenvalue weighted by Crippen LogP contribution is 2.14. The van der Waals surface area contributed by atoms with E-state index in [0.717, 1.165) is 5.82 Å². The van der Waals surface area contributed by atoms with Crippen molar-refractivity contribution in [2.24, 2.45) is 0 Å². The van der Waals surface area contributed by atoms with Crippen molar-refractivity contribution in [2.45, 2.75) is 27.3 Å². The average Bonchev–Trinajstić information content (AvgIpc) is 2.33. The maximum atomic E-state index is 12.1. The third-order valence-corrected chi connectivity index (χ3v) is 3.91. The van der Waals surface area contributed by atoms with Crippen LogP contribution in [0.3, 0.4) is 0 Å². The lowest BCUT2D eigenvalue weighted by Gasteiger charge is -2.13. The highest BCUT2D eigenvalue weighted by molar-refractivity contribution is 14.1. The van der Waals surface area contributed by atoms with Crippen LogP contribution in [0.15, 0.2) is 29.2 Å². The predicted octanol–water partition coefficient (Wildman–Crippen LogP) is 2.82. The van der Waals surface area contributed by atoms with Crippen molar-refractivity contribution in [2.75, 3.05) is 0 Å². The van der Waals surface area contributed by atoms with E-state index in [1.54, 1.807) is 10.8 Å². The summed E-state index contributed by atoms with van der Waals surface area (Å²) in [5, 5.41) is 0. The molecule has 0 radical (unpaired) electrons. The summed E-state index contributed by atoms with van der Waals surface area (Å²) in [7, 11) is 0. The van der Waals surface area contributed by atoms with E-state index in [4.69, 9.17) is 0 Å². The fourth-order valence-electron chi connectivity index (χ4n) is 1.99. The molecule has 0 amide bonds. The van der Waals surface area contributed by atoms with Gasteiger partial charge in [0.1, 0.15) is 5.82 Å². The van der Waals surface area contributed by atoms with Crippen LogP contribution < -0.4 is 5.56 Å². The second kappa shape index (κ2) is 5.22. The Morgan fingerprint density at radius 2 is 1.83 bits per heavy atom. The van der Waals surface area contributed by atoms with Gasteiger partial charge in [0, 0.05) is 6.20 Å². The second-order valence-corrected chi connectivity index (χ2v) is 5.58. The molecule has 0 saturated heterocycles. The lowest BCUT2D eigenvalue weighted by Crippen LogP contribution is -2.26. The first-order valence-corrected chi connectivity index (χ1v) is 6.85. The molecule has 0 aliphatic carbocycles. The molecule has 0 fully saturated rings. The van der Waals surface area contributed by atoms with Gasteiger partial charge >= 0.3 is 0 Å². The monoisotopic (exact) mass is 354 g/mol. The highest BCUT2D eigenvalue weighted by atomic mass is 127. The first-order chi connectivity index (χ1) is 8.50. The Labute approximate surface area is 120 Å². The summed E-state index contributed by atoms with van der Waals surface area (Å²) in [4.78, 5) is 16.4. The normalized spacial score (nSPS) is 10.7. The zero-order valence-electron chi connectivity index (χ0n) is 10.7. The number of hydrogen-bond donors (Lipinski definition) is 0. The van der Waals surface area contributed by atoms with Gasteiger partial charge in [0.2, 0.25) is 0 Å². The van der Waals surface area contributed by atoms with E-state index in [9.17, 15) is 4.79 Å². The Hall–Kier alpha value is -1.17. The van der Waals surface area contributed by atoms with Crippen molar-refractivity contribution in [3.63, 3.8) is 0 Å². The van der Waals surface area contributed by atoms with Crippen LogP contribution in [0.2, 0.25) is 0 Å². The number of halogens is 1. The predicted molar refractivity (Wildman–Crippen MR) is 81.0 cm³/mol. The molecule has 3 nitrogen and oxygen atoms in total. The van der Waals surface area contributed by atoms with Gasteiger partial charge < -0.3 is 0 Å². The molecule has 2 aromatic rings. The van der Waals surface area contributed by atoms with Gasteiger partial charge in [-0.3, -0.25) is 9.36 Å². The summed E-state index contributed by atoms with van der Waals surface area (Å²) in [5.74, 6) is 0.753. The molecule has 0 saturated carbocycles. The van der Waals surface area contributed by atoms with Crippen LogP contribution in [0.4, 0.5) is 0 Å². The fourth-order valence-corrected chi connectivity index (χ4v) is 2.42. The standard InChI is InChI=1S/C14H15IN2O/c1-9-5-4-6-10(2)12(9)8-17-11(3)16-7-13(15)14(17)18/h4-7H,8H2,1-3H3. The van der Waals surface area contributed by atoms with E-state index >= 15 is 0 Å². The van der Waals surface area contributed by atoms with Crippen LogP contribution in [-0.2, 0) is 6.54 Å². The van der Waals surface area contributed by atoms with Gasteiger partial charge in [0.15, 0.2) is 0 Å². The molecule has 0 unspecified atom stereocenters. The quantitative estimate of drug-likeness (QED) is 0.778. The van der Waals surface area contributed by atoms with Crippen LogP contribution >= 0.6 is 22.6 Å². The Balaban J connectivity index is 2.53. The molecular weight excluding hydrogens is 339 g/mol. The van der Waals surface area contributed by atoms with E-state index in [1.165, 1.54) is 16.7 Å². The molecule has 0 aliphatic rings. The Morgan fingerprint density at radius 1 is 1.22 bits per heavy atom. The Bertz CT molecular complexity index is 626. The molecule has 0 aliphatic heterocycles. The van der Waals surface area contributed by atoms with Crippen LogP contribution in [0.5, 0.6) is 0 Å².